The average Bonchev–Trinajstić information content (AvgIpc) is 2.73. The molecule has 0 atom stereocenters. The number of sulfone groups is 1. The molecule has 0 aliphatic heterocycles. The Balaban J connectivity index is 1.98. The van der Waals surface area contributed by atoms with E-state index in [-0.39, 0.29) is 15.4 Å². The van der Waals surface area contributed by atoms with Crippen LogP contribution in [0.4, 0.5) is 0 Å². The van der Waals surface area contributed by atoms with Crippen molar-refractivity contribution in [3.8, 4) is 11.4 Å². The molecular weight excluding hydrogens is 372 g/mol. The average molecular weight is 394 g/mol. The summed E-state index contributed by atoms with van der Waals surface area (Å²) in [7, 11) is -3.75. The molecule has 0 spiro atoms. The Morgan fingerprint density at radius 3 is 2.50 bits per heavy atom. The van der Waals surface area contributed by atoms with Gasteiger partial charge in [0.15, 0.2) is 0 Å². The van der Waals surface area contributed by atoms with Gasteiger partial charge < -0.3 is 4.98 Å². The van der Waals surface area contributed by atoms with Gasteiger partial charge in [0.05, 0.1) is 15.5 Å². The third-order valence-electron chi connectivity index (χ3n) is 5.26. The van der Waals surface area contributed by atoms with Gasteiger partial charge in [0.1, 0.15) is 5.82 Å². The molecule has 0 bridgehead atoms. The highest BCUT2D eigenvalue weighted by Gasteiger charge is 2.26. The molecule has 0 unspecified atom stereocenters. The van der Waals surface area contributed by atoms with Gasteiger partial charge in [0.25, 0.3) is 5.56 Å². The van der Waals surface area contributed by atoms with Crippen molar-refractivity contribution in [3.63, 3.8) is 0 Å². The van der Waals surface area contributed by atoms with Gasteiger partial charge in [-0.1, -0.05) is 37.3 Å². The van der Waals surface area contributed by atoms with Crippen LogP contribution >= 0.6 is 0 Å². The number of hydrogen-bond donors (Lipinski definition) is 1. The van der Waals surface area contributed by atoms with Gasteiger partial charge in [-0.05, 0) is 55.9 Å². The third-order valence-corrected chi connectivity index (χ3v) is 7.08. The van der Waals surface area contributed by atoms with Crippen LogP contribution in [0.3, 0.4) is 0 Å². The molecule has 0 saturated carbocycles. The first kappa shape index (κ1) is 18.6. The van der Waals surface area contributed by atoms with E-state index in [4.69, 9.17) is 4.98 Å². The molecule has 0 radical (unpaired) electrons. The second kappa shape index (κ2) is 7.36. The van der Waals surface area contributed by atoms with Crippen LogP contribution in [-0.4, -0.2) is 18.4 Å². The molecular formula is C22H22N2O3S. The first-order valence-corrected chi connectivity index (χ1v) is 11.0. The summed E-state index contributed by atoms with van der Waals surface area (Å²) in [6.45, 7) is 1.97. The van der Waals surface area contributed by atoms with Gasteiger partial charge >= 0.3 is 0 Å². The maximum Gasteiger partial charge on any atom is 0.254 e. The van der Waals surface area contributed by atoms with Gasteiger partial charge in [-0.25, -0.2) is 13.4 Å². The van der Waals surface area contributed by atoms with Gasteiger partial charge in [0.2, 0.25) is 9.84 Å². The Bertz CT molecular complexity index is 1180. The number of aromatic nitrogens is 2. The number of aromatic amines is 1. The molecule has 28 heavy (non-hydrogen) atoms. The van der Waals surface area contributed by atoms with E-state index in [1.807, 2.05) is 13.0 Å². The number of H-pyrrole nitrogens is 1. The normalized spacial score (nSPS) is 13.9. The van der Waals surface area contributed by atoms with Crippen molar-refractivity contribution in [1.82, 2.24) is 9.97 Å². The van der Waals surface area contributed by atoms with E-state index in [0.29, 0.717) is 17.8 Å². The van der Waals surface area contributed by atoms with Crippen molar-refractivity contribution in [1.29, 1.82) is 0 Å². The zero-order chi connectivity index (χ0) is 19.7. The zero-order valence-electron chi connectivity index (χ0n) is 15.7. The highest BCUT2D eigenvalue weighted by Crippen LogP contribution is 2.33. The van der Waals surface area contributed by atoms with Gasteiger partial charge in [0, 0.05) is 11.1 Å². The molecule has 1 heterocycles. The lowest BCUT2D eigenvalue weighted by molar-refractivity contribution is 0.596. The van der Waals surface area contributed by atoms with Crippen molar-refractivity contribution in [2.75, 3.05) is 0 Å². The molecule has 1 aliphatic rings. The minimum Gasteiger partial charge on any atom is -0.306 e. The molecule has 3 aromatic rings. The topological polar surface area (TPSA) is 79.9 Å². The van der Waals surface area contributed by atoms with Crippen LogP contribution in [0.15, 0.2) is 63.1 Å². The summed E-state index contributed by atoms with van der Waals surface area (Å²) in [5, 5.41) is 0. The summed E-state index contributed by atoms with van der Waals surface area (Å²) in [6, 6.07) is 13.6. The van der Waals surface area contributed by atoms with Crippen LogP contribution in [0.25, 0.3) is 11.4 Å². The smallest absolute Gasteiger partial charge is 0.254 e. The second-order valence-electron chi connectivity index (χ2n) is 7.01. The molecule has 144 valence electrons. The van der Waals surface area contributed by atoms with Gasteiger partial charge in [-0.3, -0.25) is 4.79 Å². The van der Waals surface area contributed by atoms with Crippen LogP contribution in [0, 0.1) is 0 Å². The van der Waals surface area contributed by atoms with Gasteiger partial charge in [-0.2, -0.15) is 0 Å². The molecule has 0 amide bonds. The van der Waals surface area contributed by atoms with Crippen molar-refractivity contribution in [2.45, 2.75) is 48.8 Å². The summed E-state index contributed by atoms with van der Waals surface area (Å²) in [4.78, 5) is 20.6. The van der Waals surface area contributed by atoms with Gasteiger partial charge in [-0.15, -0.1) is 0 Å². The number of rotatable bonds is 4. The van der Waals surface area contributed by atoms with E-state index >= 15 is 0 Å². The Kier molecular flexibility index (Phi) is 4.89. The minimum atomic E-state index is -3.75. The molecule has 1 aliphatic carbocycles. The predicted molar refractivity (Wildman–Crippen MR) is 108 cm³/mol. The Hall–Kier alpha value is -2.73. The standard InChI is InChI=1S/C22H22N2O3S/c1-2-15-9-8-14-19(28(26,27)16-10-4-3-5-11-16)20(15)21-23-18-13-7-6-12-17(18)22(25)24-21/h3-5,8-11,14H,2,6-7,12-13H2,1H3,(H,23,24,25). The number of nitrogens with one attached hydrogen (secondary N) is 1. The SMILES string of the molecule is CCc1cccc(S(=O)(=O)c2ccccc2)c1-c1nc2c(c(=O)[nH]1)CCCC2. The lowest BCUT2D eigenvalue weighted by Gasteiger charge is -2.18. The maximum absolute atomic E-state index is 13.3. The second-order valence-corrected chi connectivity index (χ2v) is 8.93. The van der Waals surface area contributed by atoms with Crippen molar-refractivity contribution >= 4 is 9.84 Å². The van der Waals surface area contributed by atoms with Crippen molar-refractivity contribution in [3.05, 3.63) is 75.7 Å². The first-order chi connectivity index (χ1) is 13.5. The lowest BCUT2D eigenvalue weighted by atomic mass is 9.96. The van der Waals surface area contributed by atoms with E-state index < -0.39 is 9.84 Å². The molecule has 1 N–H and O–H groups in total. The fourth-order valence-electron chi connectivity index (χ4n) is 3.81. The number of aryl methyl sites for hydroxylation is 2. The largest absolute Gasteiger partial charge is 0.306 e. The van der Waals surface area contributed by atoms with E-state index in [0.717, 1.165) is 42.5 Å². The first-order valence-electron chi connectivity index (χ1n) is 9.57. The van der Waals surface area contributed by atoms with E-state index in [2.05, 4.69) is 4.98 Å². The molecule has 0 fully saturated rings. The van der Waals surface area contributed by atoms with Crippen molar-refractivity contribution in [2.24, 2.45) is 0 Å². The number of nitrogens with zero attached hydrogens (tertiary/aromatic N) is 1. The highest BCUT2D eigenvalue weighted by atomic mass is 32.2. The number of benzene rings is 2. The minimum absolute atomic E-state index is 0.159. The fraction of sp³-hybridized carbons (Fsp3) is 0.273. The molecule has 4 rings (SSSR count). The third kappa shape index (κ3) is 3.18. The number of fused-ring (bicyclic) bond motifs is 1. The van der Waals surface area contributed by atoms with E-state index in [1.54, 1.807) is 42.5 Å². The molecule has 1 aromatic heterocycles. The van der Waals surface area contributed by atoms with Crippen molar-refractivity contribution < 1.29 is 8.42 Å². The fourth-order valence-corrected chi connectivity index (χ4v) is 5.34. The van der Waals surface area contributed by atoms with E-state index in [1.165, 1.54) is 0 Å². The maximum atomic E-state index is 13.3. The number of hydrogen-bond acceptors (Lipinski definition) is 4. The van der Waals surface area contributed by atoms with E-state index in [9.17, 15) is 13.2 Å². The summed E-state index contributed by atoms with van der Waals surface area (Å²) >= 11 is 0. The monoisotopic (exact) mass is 394 g/mol. The van der Waals surface area contributed by atoms with Crippen LogP contribution in [0.1, 0.15) is 36.6 Å². The van der Waals surface area contributed by atoms with Crippen LogP contribution in [-0.2, 0) is 29.1 Å². The molecule has 5 nitrogen and oxygen atoms in total. The highest BCUT2D eigenvalue weighted by molar-refractivity contribution is 7.91. The van der Waals surface area contributed by atoms with Crippen LogP contribution < -0.4 is 5.56 Å². The van der Waals surface area contributed by atoms with Crippen LogP contribution in [0.5, 0.6) is 0 Å². The summed E-state index contributed by atoms with van der Waals surface area (Å²) in [6.07, 6.45) is 4.09. The van der Waals surface area contributed by atoms with Crippen LogP contribution in [0.2, 0.25) is 0 Å². The molecule has 2 aromatic carbocycles. The Labute approximate surface area is 164 Å². The quantitative estimate of drug-likeness (QED) is 0.731. The summed E-state index contributed by atoms with van der Waals surface area (Å²) < 4.78 is 26.7. The molecule has 6 heteroatoms. The summed E-state index contributed by atoms with van der Waals surface area (Å²) in [5.74, 6) is 0.345. The lowest BCUT2D eigenvalue weighted by Crippen LogP contribution is -2.22. The Morgan fingerprint density at radius 1 is 1.00 bits per heavy atom. The molecule has 0 saturated heterocycles. The predicted octanol–water partition coefficient (Wildman–Crippen LogP) is 3.71. The zero-order valence-corrected chi connectivity index (χ0v) is 16.6. The Morgan fingerprint density at radius 2 is 1.75 bits per heavy atom. The summed E-state index contributed by atoms with van der Waals surface area (Å²) in [5.41, 5.74) is 2.71.